The molecule has 3 aromatic rings. The van der Waals surface area contributed by atoms with Gasteiger partial charge in [0.15, 0.2) is 5.17 Å². The summed E-state index contributed by atoms with van der Waals surface area (Å²) in [5.74, 6) is -2.41. The van der Waals surface area contributed by atoms with Crippen LogP contribution in [0.5, 0.6) is 0 Å². The first kappa shape index (κ1) is 26.5. The molecule has 0 saturated carbocycles. The fraction of sp³-hybridized carbons (Fsp3) is 0.310. The van der Waals surface area contributed by atoms with E-state index >= 15 is 4.39 Å². The number of carbonyl (C=O) groups is 1. The third kappa shape index (κ3) is 5.65. The minimum atomic E-state index is -1.34. The van der Waals surface area contributed by atoms with E-state index in [1.807, 2.05) is 30.3 Å². The molecule has 9 heteroatoms. The number of rotatable bonds is 7. The first-order chi connectivity index (χ1) is 18.5. The van der Waals surface area contributed by atoms with E-state index in [1.165, 1.54) is 6.07 Å². The number of aliphatic imine (C=N–C) groups is 1. The van der Waals surface area contributed by atoms with Gasteiger partial charge in [-0.1, -0.05) is 66.4 Å². The summed E-state index contributed by atoms with van der Waals surface area (Å²) >= 11 is 1.12. The van der Waals surface area contributed by atoms with Gasteiger partial charge in [0.25, 0.3) is 5.91 Å². The van der Waals surface area contributed by atoms with Gasteiger partial charge in [-0.05, 0) is 30.2 Å². The van der Waals surface area contributed by atoms with Crippen molar-refractivity contribution in [2.45, 2.75) is 29.9 Å². The Morgan fingerprint density at radius 3 is 2.53 bits per heavy atom. The van der Waals surface area contributed by atoms with Crippen molar-refractivity contribution in [2.75, 3.05) is 19.9 Å². The van der Waals surface area contributed by atoms with Crippen molar-refractivity contribution < 1.29 is 27.4 Å². The van der Waals surface area contributed by atoms with Crippen LogP contribution in [0.1, 0.15) is 27.9 Å². The summed E-state index contributed by atoms with van der Waals surface area (Å²) in [5, 5.41) is 2.29. The van der Waals surface area contributed by atoms with Crippen molar-refractivity contribution in [1.29, 1.82) is 0 Å². The number of amides is 1. The van der Waals surface area contributed by atoms with Crippen LogP contribution in [0.3, 0.4) is 0 Å². The lowest BCUT2D eigenvalue weighted by molar-refractivity contribution is -0.0981. The van der Waals surface area contributed by atoms with Crippen LogP contribution in [0, 0.1) is 17.6 Å². The third-order valence-electron chi connectivity index (χ3n) is 6.90. The molecule has 2 heterocycles. The van der Waals surface area contributed by atoms with Gasteiger partial charge in [0.2, 0.25) is 0 Å². The van der Waals surface area contributed by atoms with E-state index < -0.39 is 40.9 Å². The second-order valence-corrected chi connectivity index (χ2v) is 10.6. The molecule has 1 amide bonds. The number of halogens is 3. The Kier molecular flexibility index (Phi) is 8.16. The maximum Gasteiger partial charge on any atom is 0.257 e. The van der Waals surface area contributed by atoms with Gasteiger partial charge in [-0.2, -0.15) is 0 Å². The van der Waals surface area contributed by atoms with Crippen LogP contribution in [-0.2, 0) is 21.6 Å². The molecule has 1 N–H and O–H groups in total. The minimum Gasteiger partial charge on any atom is -0.374 e. The van der Waals surface area contributed by atoms with E-state index in [2.05, 4.69) is 5.32 Å². The van der Waals surface area contributed by atoms with Gasteiger partial charge in [0.05, 0.1) is 25.9 Å². The van der Waals surface area contributed by atoms with Crippen molar-refractivity contribution in [3.63, 3.8) is 0 Å². The summed E-state index contributed by atoms with van der Waals surface area (Å²) in [6.07, 6.45) is 0.00187. The first-order valence-electron chi connectivity index (χ1n) is 12.4. The average molecular weight is 541 g/mol. The number of nitrogens with one attached hydrogen (secondary N) is 1. The number of hydrogen-bond donors (Lipinski definition) is 1. The van der Waals surface area contributed by atoms with Crippen molar-refractivity contribution in [3.05, 3.63) is 107 Å². The number of hydrogen-bond acceptors (Lipinski definition) is 5. The smallest absolute Gasteiger partial charge is 0.257 e. The predicted molar refractivity (Wildman–Crippen MR) is 141 cm³/mol. The highest BCUT2D eigenvalue weighted by atomic mass is 32.2. The largest absolute Gasteiger partial charge is 0.374 e. The maximum atomic E-state index is 15.2. The van der Waals surface area contributed by atoms with Gasteiger partial charge in [0, 0.05) is 28.4 Å². The molecule has 2 aliphatic rings. The highest BCUT2D eigenvalue weighted by molar-refractivity contribution is 8.14. The van der Waals surface area contributed by atoms with Crippen LogP contribution in [0.15, 0.2) is 83.9 Å². The molecule has 2 aliphatic heterocycles. The van der Waals surface area contributed by atoms with E-state index in [0.717, 1.165) is 29.5 Å². The van der Waals surface area contributed by atoms with Crippen LogP contribution in [0.4, 0.5) is 13.2 Å². The Labute approximate surface area is 223 Å². The lowest BCUT2D eigenvalue weighted by Gasteiger charge is -2.49. The fourth-order valence-electron chi connectivity index (χ4n) is 5.04. The van der Waals surface area contributed by atoms with E-state index in [-0.39, 0.29) is 30.0 Å². The van der Waals surface area contributed by atoms with Gasteiger partial charge in [-0.3, -0.25) is 4.79 Å². The number of alkyl halides is 1. The molecule has 0 aromatic heterocycles. The topological polar surface area (TPSA) is 59.9 Å². The summed E-state index contributed by atoms with van der Waals surface area (Å²) < 4.78 is 55.5. The van der Waals surface area contributed by atoms with E-state index in [1.54, 1.807) is 30.3 Å². The number of nitrogens with zero attached hydrogens (tertiary/aromatic N) is 1. The Balaban J connectivity index is 1.42. The Hall–Kier alpha value is -3.14. The summed E-state index contributed by atoms with van der Waals surface area (Å²) in [4.78, 5) is 17.6. The summed E-state index contributed by atoms with van der Waals surface area (Å²) in [6.45, 7) is -0.115. The van der Waals surface area contributed by atoms with Gasteiger partial charge >= 0.3 is 0 Å². The molecule has 0 aliphatic carbocycles. The zero-order chi connectivity index (χ0) is 26.5. The van der Waals surface area contributed by atoms with Crippen LogP contribution >= 0.6 is 11.8 Å². The van der Waals surface area contributed by atoms with Crippen LogP contribution < -0.4 is 5.32 Å². The molecule has 5 rings (SSSR count). The highest BCUT2D eigenvalue weighted by Crippen LogP contribution is 2.50. The number of thioether (sulfide) groups is 1. The molecule has 5 nitrogen and oxygen atoms in total. The van der Waals surface area contributed by atoms with Gasteiger partial charge in [-0.15, -0.1) is 0 Å². The lowest BCUT2D eigenvalue weighted by Crippen LogP contribution is -2.55. The SMILES string of the molecule is O=C(NC1=N[C@@]2(c3ccc(F)cc3F)CO[C@@H](COCc3ccccc3)C[C@H]2[C@@H](CF)S1)c1ccccc1. The Morgan fingerprint density at radius 2 is 1.82 bits per heavy atom. The number of ether oxygens (including phenoxy) is 2. The van der Waals surface area contributed by atoms with E-state index in [9.17, 15) is 13.6 Å². The lowest BCUT2D eigenvalue weighted by atomic mass is 9.72. The first-order valence-corrected chi connectivity index (χ1v) is 13.2. The molecular weight excluding hydrogens is 513 g/mol. The molecule has 4 atom stereocenters. The standard InChI is InChI=1S/C29H27F3N2O3S/c30-15-26-24-14-22(17-36-16-19-7-3-1-4-8-19)37-18-29(24,23-12-11-21(31)13-25(23)32)34-28(38-26)33-27(35)20-9-5-2-6-10-20/h1-13,22,24,26H,14-18H2,(H,33,34,35)/t22-,24+,26-,29-/m1/s1. The number of carbonyl (C=O) groups excluding carboxylic acids is 1. The van der Waals surface area contributed by atoms with E-state index in [0.29, 0.717) is 18.6 Å². The molecule has 0 bridgehead atoms. The van der Waals surface area contributed by atoms with Gasteiger partial charge in [0.1, 0.15) is 23.8 Å². The molecule has 1 fully saturated rings. The molecule has 0 spiro atoms. The number of fused-ring (bicyclic) bond motifs is 1. The normalized spacial score (nSPS) is 24.8. The van der Waals surface area contributed by atoms with E-state index in [4.69, 9.17) is 14.5 Å². The fourth-order valence-corrected chi connectivity index (χ4v) is 6.26. The Bertz CT molecular complexity index is 1290. The Morgan fingerprint density at radius 1 is 1.08 bits per heavy atom. The zero-order valence-electron chi connectivity index (χ0n) is 20.5. The average Bonchev–Trinajstić information content (AvgIpc) is 2.93. The van der Waals surface area contributed by atoms with Crippen molar-refractivity contribution in [2.24, 2.45) is 10.9 Å². The monoisotopic (exact) mass is 540 g/mol. The molecule has 0 radical (unpaired) electrons. The van der Waals surface area contributed by atoms with Gasteiger partial charge in [-0.25, -0.2) is 18.2 Å². The predicted octanol–water partition coefficient (Wildman–Crippen LogP) is 5.65. The number of amidine groups is 1. The second-order valence-electron chi connectivity index (χ2n) is 9.37. The molecule has 0 unspecified atom stereocenters. The van der Waals surface area contributed by atoms with Crippen LogP contribution in [0.25, 0.3) is 0 Å². The molecule has 3 aromatic carbocycles. The maximum absolute atomic E-state index is 15.2. The quantitative estimate of drug-likeness (QED) is 0.421. The second kappa shape index (κ2) is 11.7. The molecule has 1 saturated heterocycles. The molecule has 38 heavy (non-hydrogen) atoms. The van der Waals surface area contributed by atoms with Crippen LogP contribution in [-0.4, -0.2) is 42.3 Å². The van der Waals surface area contributed by atoms with Crippen molar-refractivity contribution >= 4 is 22.8 Å². The van der Waals surface area contributed by atoms with Gasteiger partial charge < -0.3 is 14.8 Å². The van der Waals surface area contributed by atoms with Crippen molar-refractivity contribution in [1.82, 2.24) is 5.32 Å². The molecular formula is C29H27F3N2O3S. The summed E-state index contributed by atoms with van der Waals surface area (Å²) in [7, 11) is 0. The third-order valence-corrected chi connectivity index (χ3v) is 8.08. The summed E-state index contributed by atoms with van der Waals surface area (Å²) in [6, 6.07) is 21.5. The zero-order valence-corrected chi connectivity index (χ0v) is 21.3. The van der Waals surface area contributed by atoms with Crippen molar-refractivity contribution in [3.8, 4) is 0 Å². The summed E-state index contributed by atoms with van der Waals surface area (Å²) in [5.41, 5.74) is 0.198. The van der Waals surface area contributed by atoms with Crippen LogP contribution in [0.2, 0.25) is 0 Å². The number of benzene rings is 3. The molecule has 198 valence electrons. The highest BCUT2D eigenvalue weighted by Gasteiger charge is 2.53. The minimum absolute atomic E-state index is 0.0681.